The fourth-order valence-electron chi connectivity index (χ4n) is 5.15. The zero-order valence-electron chi connectivity index (χ0n) is 23.3. The molecule has 1 unspecified atom stereocenters. The molecule has 2 N–H and O–H groups in total. The van der Waals surface area contributed by atoms with E-state index in [1.807, 2.05) is 6.07 Å². The van der Waals surface area contributed by atoms with Crippen LogP contribution < -0.4 is 40.2 Å². The second kappa shape index (κ2) is 20.7. The van der Waals surface area contributed by atoms with Crippen molar-refractivity contribution >= 4 is 21.5 Å². The predicted octanol–water partition coefficient (Wildman–Crippen LogP) is 5.97. The van der Waals surface area contributed by atoms with Crippen LogP contribution in [0.15, 0.2) is 23.1 Å². The maximum atomic E-state index is 11.4. The molecule has 0 fully saturated rings. The van der Waals surface area contributed by atoms with Crippen LogP contribution in [0.5, 0.6) is 0 Å². The summed E-state index contributed by atoms with van der Waals surface area (Å²) in [5.41, 5.74) is 1.14. The molecular formula is C29H51N2NaO3S. The molecule has 36 heavy (non-hydrogen) atoms. The Bertz CT molecular complexity index is 789. The van der Waals surface area contributed by atoms with E-state index in [1.165, 1.54) is 128 Å². The summed E-state index contributed by atoms with van der Waals surface area (Å²) in [7, 11) is -4.46. The molecule has 0 radical (unpaired) electrons. The molecule has 0 spiro atoms. The van der Waals surface area contributed by atoms with Crippen molar-refractivity contribution in [2.24, 2.45) is 0 Å². The van der Waals surface area contributed by atoms with E-state index in [4.69, 9.17) is 0 Å². The summed E-state index contributed by atoms with van der Waals surface area (Å²) in [6, 6.07) is 4.79. The summed E-state index contributed by atoms with van der Waals surface area (Å²) in [6.07, 6.45) is 28.4. The zero-order valence-corrected chi connectivity index (χ0v) is 26.1. The first-order valence-corrected chi connectivity index (χ1v) is 16.0. The molecule has 202 valence electrons. The Hall–Kier alpha value is -0.270. The van der Waals surface area contributed by atoms with Gasteiger partial charge in [-0.05, 0) is 25.0 Å². The smallest absolute Gasteiger partial charge is 0.744 e. The van der Waals surface area contributed by atoms with Crippen molar-refractivity contribution in [1.29, 1.82) is 0 Å². The summed E-state index contributed by atoms with van der Waals surface area (Å²) in [5.74, 6) is 0. The first-order chi connectivity index (χ1) is 17.0. The molecule has 1 aromatic rings. The van der Waals surface area contributed by atoms with Crippen LogP contribution in [-0.2, 0) is 10.1 Å². The van der Waals surface area contributed by atoms with Crippen LogP contribution in [0.1, 0.15) is 142 Å². The molecule has 7 heteroatoms. The second-order valence-corrected chi connectivity index (χ2v) is 11.8. The molecule has 1 aliphatic heterocycles. The predicted molar refractivity (Wildman–Crippen MR) is 148 cm³/mol. The van der Waals surface area contributed by atoms with Gasteiger partial charge in [-0.1, -0.05) is 135 Å². The molecule has 0 aromatic heterocycles. The molecule has 1 aromatic carbocycles. The standard InChI is InChI=1S/C29H52N2O3S.Na/c1-2-3-4-5-6-7-8-9-10-11-12-13-14-15-16-17-18-19-20-21-25-28-30-26-23-22-24-27(29(26)31-28)35(32,33)34;/h22-24,28,30-31H,2-21,25H2,1H3,(H,32,33,34);/q;+1/p-1. The van der Waals surface area contributed by atoms with E-state index in [-0.39, 0.29) is 40.6 Å². The fraction of sp³-hybridized carbons (Fsp3) is 0.793. The van der Waals surface area contributed by atoms with Gasteiger partial charge in [0, 0.05) is 0 Å². The number of anilines is 2. The maximum absolute atomic E-state index is 11.4. The normalized spacial score (nSPS) is 14.7. The molecule has 0 saturated heterocycles. The summed E-state index contributed by atoms with van der Waals surface area (Å²) in [4.78, 5) is -0.159. The molecule has 0 saturated carbocycles. The third-order valence-electron chi connectivity index (χ3n) is 7.29. The van der Waals surface area contributed by atoms with Crippen molar-refractivity contribution in [2.45, 2.75) is 153 Å². The SMILES string of the molecule is CCCCCCCCCCCCCCCCCCCCCCC1Nc2cccc(S(=O)(=O)[O-])c2N1.[Na+]. The Labute approximate surface area is 244 Å². The maximum Gasteiger partial charge on any atom is 1.00 e. The molecular weight excluding hydrogens is 479 g/mol. The van der Waals surface area contributed by atoms with Crippen molar-refractivity contribution < 1.29 is 42.5 Å². The van der Waals surface area contributed by atoms with Crippen LogP contribution in [0, 0.1) is 0 Å². The second-order valence-electron chi connectivity index (χ2n) is 10.5. The summed E-state index contributed by atoms with van der Waals surface area (Å²) < 4.78 is 34.3. The van der Waals surface area contributed by atoms with Crippen molar-refractivity contribution in [3.05, 3.63) is 18.2 Å². The van der Waals surface area contributed by atoms with Crippen LogP contribution in [0.25, 0.3) is 0 Å². The Morgan fingerprint density at radius 2 is 1.08 bits per heavy atom. The quantitative estimate of drug-likeness (QED) is 0.110. The summed E-state index contributed by atoms with van der Waals surface area (Å²) in [5, 5.41) is 6.47. The third kappa shape index (κ3) is 14.6. The number of fused-ring (bicyclic) bond motifs is 1. The Morgan fingerprint density at radius 3 is 1.50 bits per heavy atom. The number of para-hydroxylation sites is 1. The van der Waals surface area contributed by atoms with Gasteiger partial charge in [-0.3, -0.25) is 0 Å². The zero-order chi connectivity index (χ0) is 25.2. The van der Waals surface area contributed by atoms with Crippen LogP contribution in [0.4, 0.5) is 11.4 Å². The molecule has 1 aliphatic rings. The van der Waals surface area contributed by atoms with Gasteiger partial charge < -0.3 is 15.2 Å². The molecule has 2 rings (SSSR count). The van der Waals surface area contributed by atoms with Gasteiger partial charge in [0.25, 0.3) is 0 Å². The van der Waals surface area contributed by atoms with Gasteiger partial charge in [-0.15, -0.1) is 0 Å². The largest absolute Gasteiger partial charge is 1.00 e. The number of benzene rings is 1. The Morgan fingerprint density at radius 1 is 0.667 bits per heavy atom. The minimum absolute atomic E-state index is 0. The first kappa shape index (κ1) is 33.8. The van der Waals surface area contributed by atoms with Gasteiger partial charge in [-0.2, -0.15) is 0 Å². The minimum atomic E-state index is -4.46. The van der Waals surface area contributed by atoms with Gasteiger partial charge in [0.15, 0.2) is 0 Å². The van der Waals surface area contributed by atoms with E-state index in [0.717, 1.165) is 12.8 Å². The van der Waals surface area contributed by atoms with Crippen LogP contribution in [-0.4, -0.2) is 19.1 Å². The van der Waals surface area contributed by atoms with E-state index < -0.39 is 10.1 Å². The van der Waals surface area contributed by atoms with E-state index in [1.54, 1.807) is 6.07 Å². The van der Waals surface area contributed by atoms with E-state index >= 15 is 0 Å². The molecule has 1 atom stereocenters. The molecule has 0 bridgehead atoms. The van der Waals surface area contributed by atoms with Crippen molar-refractivity contribution in [1.82, 2.24) is 0 Å². The average Bonchev–Trinajstić information content (AvgIpc) is 3.25. The topological polar surface area (TPSA) is 81.3 Å². The minimum Gasteiger partial charge on any atom is -0.744 e. The fourth-order valence-corrected chi connectivity index (χ4v) is 5.82. The molecule has 5 nitrogen and oxygen atoms in total. The van der Waals surface area contributed by atoms with E-state index in [2.05, 4.69) is 17.6 Å². The first-order valence-electron chi connectivity index (χ1n) is 14.6. The van der Waals surface area contributed by atoms with Gasteiger partial charge in [0.05, 0.1) is 22.4 Å². The van der Waals surface area contributed by atoms with Crippen molar-refractivity contribution in [2.75, 3.05) is 10.6 Å². The summed E-state index contributed by atoms with van der Waals surface area (Å²) in [6.45, 7) is 2.28. The van der Waals surface area contributed by atoms with E-state index in [0.29, 0.717) is 11.4 Å². The number of nitrogens with one attached hydrogen (secondary N) is 2. The van der Waals surface area contributed by atoms with E-state index in [9.17, 15) is 13.0 Å². The molecule has 0 aliphatic carbocycles. The van der Waals surface area contributed by atoms with Crippen LogP contribution >= 0.6 is 0 Å². The number of hydrogen-bond acceptors (Lipinski definition) is 5. The average molecular weight is 531 g/mol. The van der Waals surface area contributed by atoms with Gasteiger partial charge >= 0.3 is 29.6 Å². The molecule has 1 heterocycles. The Balaban J connectivity index is 0.00000648. The van der Waals surface area contributed by atoms with Crippen molar-refractivity contribution in [3.8, 4) is 0 Å². The number of unbranched alkanes of at least 4 members (excludes halogenated alkanes) is 19. The monoisotopic (exact) mass is 530 g/mol. The number of rotatable bonds is 22. The molecule has 0 amide bonds. The van der Waals surface area contributed by atoms with Crippen LogP contribution in [0.3, 0.4) is 0 Å². The third-order valence-corrected chi connectivity index (χ3v) is 8.17. The summed E-state index contributed by atoms with van der Waals surface area (Å²) >= 11 is 0. The Kier molecular flexibility index (Phi) is 19.4. The van der Waals surface area contributed by atoms with Crippen molar-refractivity contribution in [3.63, 3.8) is 0 Å². The van der Waals surface area contributed by atoms with Gasteiger partial charge in [-0.25, -0.2) is 8.42 Å². The number of hydrogen-bond donors (Lipinski definition) is 2. The van der Waals surface area contributed by atoms with Crippen LogP contribution in [0.2, 0.25) is 0 Å². The van der Waals surface area contributed by atoms with Gasteiger partial charge in [0.1, 0.15) is 10.1 Å². The van der Waals surface area contributed by atoms with Gasteiger partial charge in [0.2, 0.25) is 0 Å².